The summed E-state index contributed by atoms with van der Waals surface area (Å²) in [6.07, 6.45) is 4.10. The number of rotatable bonds is 2. The van der Waals surface area contributed by atoms with Gasteiger partial charge in [-0.25, -0.2) is 0 Å². The van der Waals surface area contributed by atoms with Crippen LogP contribution in [0.25, 0.3) is 0 Å². The van der Waals surface area contributed by atoms with Crippen LogP contribution in [-0.4, -0.2) is 50.2 Å². The summed E-state index contributed by atoms with van der Waals surface area (Å²) in [5.41, 5.74) is 0.267. The van der Waals surface area contributed by atoms with Crippen molar-refractivity contribution >= 4 is 0 Å². The molecule has 2 rings (SSSR count). The molecule has 0 saturated carbocycles. The highest BCUT2D eigenvalue weighted by atomic mass is 16.3. The molecule has 2 heterocycles. The van der Waals surface area contributed by atoms with Crippen LogP contribution in [0.2, 0.25) is 0 Å². The number of piperidine rings is 1. The normalized spacial score (nSPS) is 31.9. The maximum absolute atomic E-state index is 10.5. The first-order chi connectivity index (χ1) is 7.48. The number of aromatic nitrogens is 3. The Labute approximate surface area is 96.1 Å². The van der Waals surface area contributed by atoms with Gasteiger partial charge in [0, 0.05) is 32.3 Å². The molecule has 2 atom stereocenters. The fourth-order valence-electron chi connectivity index (χ4n) is 2.39. The van der Waals surface area contributed by atoms with Gasteiger partial charge in [-0.1, -0.05) is 5.21 Å². The summed E-state index contributed by atoms with van der Waals surface area (Å²) < 4.78 is 1.68. The van der Waals surface area contributed by atoms with Gasteiger partial charge in [0.1, 0.15) is 0 Å². The van der Waals surface area contributed by atoms with Gasteiger partial charge >= 0.3 is 0 Å². The van der Waals surface area contributed by atoms with Gasteiger partial charge in [0.15, 0.2) is 0 Å². The average molecular weight is 224 g/mol. The summed E-state index contributed by atoms with van der Waals surface area (Å²) in [5, 5.41) is 18.4. The zero-order valence-corrected chi connectivity index (χ0v) is 10.2. The molecule has 1 N–H and O–H groups in total. The van der Waals surface area contributed by atoms with Gasteiger partial charge in [0.05, 0.1) is 11.3 Å². The van der Waals surface area contributed by atoms with Crippen LogP contribution in [0.1, 0.15) is 25.5 Å². The summed E-state index contributed by atoms with van der Waals surface area (Å²) in [4.78, 5) is 2.28. The van der Waals surface area contributed by atoms with E-state index >= 15 is 0 Å². The van der Waals surface area contributed by atoms with Crippen LogP contribution in [0.3, 0.4) is 0 Å². The second-order valence-electron chi connectivity index (χ2n) is 5.07. The van der Waals surface area contributed by atoms with Crippen molar-refractivity contribution in [3.05, 3.63) is 11.9 Å². The Hall–Kier alpha value is -0.940. The summed E-state index contributed by atoms with van der Waals surface area (Å²) in [6, 6.07) is 0.426. The van der Waals surface area contributed by atoms with E-state index in [1.807, 2.05) is 13.2 Å². The minimum Gasteiger partial charge on any atom is -0.389 e. The Bertz CT molecular complexity index is 365. The third kappa shape index (κ3) is 2.41. The molecule has 16 heavy (non-hydrogen) atoms. The molecule has 2 unspecified atom stereocenters. The molecule has 5 heteroatoms. The number of hydrogen-bond donors (Lipinski definition) is 1. The molecule has 0 aliphatic carbocycles. The van der Waals surface area contributed by atoms with E-state index in [-0.39, 0.29) is 0 Å². The lowest BCUT2D eigenvalue weighted by atomic mass is 9.84. The van der Waals surface area contributed by atoms with Crippen molar-refractivity contribution in [3.8, 4) is 0 Å². The highest BCUT2D eigenvalue weighted by Gasteiger charge is 2.35. The van der Waals surface area contributed by atoms with Crippen molar-refractivity contribution in [3.63, 3.8) is 0 Å². The van der Waals surface area contributed by atoms with E-state index in [1.54, 1.807) is 4.68 Å². The maximum Gasteiger partial charge on any atom is 0.0855 e. The van der Waals surface area contributed by atoms with Crippen molar-refractivity contribution in [2.24, 2.45) is 7.05 Å². The van der Waals surface area contributed by atoms with E-state index in [0.717, 1.165) is 25.1 Å². The minimum absolute atomic E-state index is 0.426. The molecule has 0 bridgehead atoms. The topological polar surface area (TPSA) is 54.2 Å². The number of hydrogen-bond acceptors (Lipinski definition) is 4. The molecule has 90 valence electrons. The van der Waals surface area contributed by atoms with Crippen LogP contribution >= 0.6 is 0 Å². The maximum atomic E-state index is 10.5. The highest BCUT2D eigenvalue weighted by Crippen LogP contribution is 2.28. The molecular weight excluding hydrogens is 204 g/mol. The predicted octanol–water partition coefficient (Wildman–Crippen LogP) is 0.203. The van der Waals surface area contributed by atoms with Crippen molar-refractivity contribution in [1.82, 2.24) is 19.9 Å². The molecule has 1 saturated heterocycles. The zero-order chi connectivity index (χ0) is 11.8. The number of aliphatic hydroxyl groups is 1. The van der Waals surface area contributed by atoms with E-state index in [4.69, 9.17) is 0 Å². The van der Waals surface area contributed by atoms with Gasteiger partial charge in [-0.2, -0.15) is 0 Å². The van der Waals surface area contributed by atoms with Gasteiger partial charge < -0.3 is 10.0 Å². The lowest BCUT2D eigenvalue weighted by Gasteiger charge is -2.40. The van der Waals surface area contributed by atoms with Crippen molar-refractivity contribution in [2.75, 3.05) is 13.6 Å². The highest BCUT2D eigenvalue weighted by molar-refractivity contribution is 5.02. The fraction of sp³-hybridized carbons (Fsp3) is 0.818. The Kier molecular flexibility index (Phi) is 2.99. The lowest BCUT2D eigenvalue weighted by Crippen LogP contribution is -2.48. The summed E-state index contributed by atoms with van der Waals surface area (Å²) in [7, 11) is 3.95. The molecule has 0 radical (unpaired) electrons. The Morgan fingerprint density at radius 2 is 2.31 bits per heavy atom. The summed E-state index contributed by atoms with van der Waals surface area (Å²) >= 11 is 0. The van der Waals surface area contributed by atoms with E-state index in [1.165, 1.54) is 0 Å². The second kappa shape index (κ2) is 4.14. The Morgan fingerprint density at radius 1 is 1.56 bits per heavy atom. The number of likely N-dealkylation sites (tertiary alicyclic amines) is 1. The molecule has 1 aromatic heterocycles. The molecule has 1 aromatic rings. The van der Waals surface area contributed by atoms with Gasteiger partial charge in [-0.15, -0.1) is 5.10 Å². The fourth-order valence-corrected chi connectivity index (χ4v) is 2.39. The molecule has 5 nitrogen and oxygen atoms in total. The monoisotopic (exact) mass is 224 g/mol. The Balaban J connectivity index is 2.03. The molecular formula is C11H20N4O. The SMILES string of the molecule is CC1CC(O)(Cc2cn(C)nn2)CCN1C. The van der Waals surface area contributed by atoms with Crippen LogP contribution in [0.4, 0.5) is 0 Å². The quantitative estimate of drug-likeness (QED) is 0.780. The van der Waals surface area contributed by atoms with Gasteiger partial charge in [0.2, 0.25) is 0 Å². The largest absolute Gasteiger partial charge is 0.389 e. The van der Waals surface area contributed by atoms with E-state index in [0.29, 0.717) is 12.5 Å². The van der Waals surface area contributed by atoms with Gasteiger partial charge in [-0.05, 0) is 26.8 Å². The van der Waals surface area contributed by atoms with Crippen molar-refractivity contribution in [2.45, 2.75) is 37.8 Å². The summed E-state index contributed by atoms with van der Waals surface area (Å²) in [6.45, 7) is 3.10. The Morgan fingerprint density at radius 3 is 2.88 bits per heavy atom. The summed E-state index contributed by atoms with van der Waals surface area (Å²) in [5.74, 6) is 0. The van der Waals surface area contributed by atoms with Gasteiger partial charge in [0.25, 0.3) is 0 Å². The first-order valence-corrected chi connectivity index (χ1v) is 5.76. The minimum atomic E-state index is -0.609. The van der Waals surface area contributed by atoms with Crippen LogP contribution < -0.4 is 0 Å². The van der Waals surface area contributed by atoms with Crippen LogP contribution in [0.15, 0.2) is 6.20 Å². The second-order valence-corrected chi connectivity index (χ2v) is 5.07. The standard InChI is InChI=1S/C11H20N4O/c1-9-6-11(16,4-5-14(9)2)7-10-8-15(3)13-12-10/h8-9,16H,4-7H2,1-3H3. The van der Waals surface area contributed by atoms with Crippen molar-refractivity contribution in [1.29, 1.82) is 0 Å². The van der Waals surface area contributed by atoms with Crippen molar-refractivity contribution < 1.29 is 5.11 Å². The molecule has 1 aliphatic rings. The van der Waals surface area contributed by atoms with Gasteiger partial charge in [-0.3, -0.25) is 4.68 Å². The molecule has 0 aromatic carbocycles. The lowest BCUT2D eigenvalue weighted by molar-refractivity contribution is -0.0359. The molecule has 1 fully saturated rings. The molecule has 1 aliphatic heterocycles. The number of nitrogens with zero attached hydrogens (tertiary/aromatic N) is 4. The number of aryl methyl sites for hydroxylation is 1. The average Bonchev–Trinajstić information content (AvgIpc) is 2.58. The van der Waals surface area contributed by atoms with Crippen LogP contribution in [0, 0.1) is 0 Å². The van der Waals surface area contributed by atoms with E-state index in [2.05, 4.69) is 29.2 Å². The van der Waals surface area contributed by atoms with E-state index in [9.17, 15) is 5.11 Å². The smallest absolute Gasteiger partial charge is 0.0855 e. The third-order valence-electron chi connectivity index (χ3n) is 3.52. The zero-order valence-electron chi connectivity index (χ0n) is 10.2. The molecule has 0 spiro atoms. The predicted molar refractivity (Wildman–Crippen MR) is 61.0 cm³/mol. The van der Waals surface area contributed by atoms with Crippen LogP contribution in [0.5, 0.6) is 0 Å². The third-order valence-corrected chi connectivity index (χ3v) is 3.52. The van der Waals surface area contributed by atoms with E-state index < -0.39 is 5.60 Å². The molecule has 0 amide bonds. The first-order valence-electron chi connectivity index (χ1n) is 5.76. The van der Waals surface area contributed by atoms with Crippen LogP contribution in [-0.2, 0) is 13.5 Å². The first kappa shape index (κ1) is 11.5.